The lowest BCUT2D eigenvalue weighted by Crippen LogP contribution is -2.44. The molecule has 1 amide bonds. The Kier molecular flexibility index (Phi) is 5.90. The molecule has 0 aromatic carbocycles. The zero-order valence-corrected chi connectivity index (χ0v) is 17.8. The van der Waals surface area contributed by atoms with Gasteiger partial charge >= 0.3 is 0 Å². The first-order valence-corrected chi connectivity index (χ1v) is 10.7. The van der Waals surface area contributed by atoms with E-state index in [1.165, 1.54) is 6.07 Å². The van der Waals surface area contributed by atoms with E-state index in [4.69, 9.17) is 4.74 Å². The number of carbonyl (C=O) groups is 1. The van der Waals surface area contributed by atoms with Gasteiger partial charge in [0.1, 0.15) is 5.82 Å². The third-order valence-electron chi connectivity index (χ3n) is 6.46. The third kappa shape index (κ3) is 4.12. The number of hydrogen-bond donors (Lipinski definition) is 2. The number of fused-ring (bicyclic) bond motifs is 1. The standard InChI is InChI=1S/C23H30N4O3/c1-14(2)22-17(7-8-21(28)26-22)23(29)27-12-15-10-18(19(30-3)11-16(15)13-27)25-20-6-4-5-9-24-20/h4-9,14-16,18-19H,10-13H2,1-3H3,(H,24,25)(H,26,28)/t15-,16+,18-,19-/m1/s1. The zero-order valence-electron chi connectivity index (χ0n) is 17.8. The molecule has 0 unspecified atom stereocenters. The minimum absolute atomic E-state index is 0.00699. The maximum atomic E-state index is 13.3. The Hall–Kier alpha value is -2.67. The van der Waals surface area contributed by atoms with Gasteiger partial charge < -0.3 is 19.9 Å². The van der Waals surface area contributed by atoms with Gasteiger partial charge in [0.05, 0.1) is 17.7 Å². The lowest BCUT2D eigenvalue weighted by molar-refractivity contribution is 0.0304. The van der Waals surface area contributed by atoms with Crippen LogP contribution in [-0.4, -0.2) is 53.1 Å². The first-order chi connectivity index (χ1) is 14.5. The van der Waals surface area contributed by atoms with Gasteiger partial charge in [0.2, 0.25) is 5.56 Å². The molecule has 7 nitrogen and oxygen atoms in total. The average Bonchev–Trinajstić information content (AvgIpc) is 3.16. The maximum Gasteiger partial charge on any atom is 0.255 e. The quantitative estimate of drug-likeness (QED) is 0.791. The number of methoxy groups -OCH3 is 1. The summed E-state index contributed by atoms with van der Waals surface area (Å²) >= 11 is 0. The van der Waals surface area contributed by atoms with Crippen molar-refractivity contribution in [1.82, 2.24) is 14.9 Å². The highest BCUT2D eigenvalue weighted by Crippen LogP contribution is 2.39. The van der Waals surface area contributed by atoms with E-state index in [1.807, 2.05) is 36.9 Å². The summed E-state index contributed by atoms with van der Waals surface area (Å²) in [6, 6.07) is 9.11. The highest BCUT2D eigenvalue weighted by Gasteiger charge is 2.44. The first kappa shape index (κ1) is 20.6. The van der Waals surface area contributed by atoms with Crippen molar-refractivity contribution in [2.45, 2.75) is 44.8 Å². The van der Waals surface area contributed by atoms with Crippen molar-refractivity contribution < 1.29 is 9.53 Å². The number of anilines is 1. The number of nitrogens with one attached hydrogen (secondary N) is 2. The van der Waals surface area contributed by atoms with Crippen molar-refractivity contribution >= 4 is 11.7 Å². The van der Waals surface area contributed by atoms with Crippen LogP contribution in [0.15, 0.2) is 41.3 Å². The second kappa shape index (κ2) is 8.60. The Labute approximate surface area is 176 Å². The molecule has 3 heterocycles. The third-order valence-corrected chi connectivity index (χ3v) is 6.46. The second-order valence-corrected chi connectivity index (χ2v) is 8.75. The fourth-order valence-corrected chi connectivity index (χ4v) is 4.93. The molecule has 2 fully saturated rings. The normalized spacial score (nSPS) is 25.9. The van der Waals surface area contributed by atoms with Gasteiger partial charge in [-0.15, -0.1) is 0 Å². The maximum absolute atomic E-state index is 13.3. The van der Waals surface area contributed by atoms with Crippen molar-refractivity contribution in [1.29, 1.82) is 0 Å². The summed E-state index contributed by atoms with van der Waals surface area (Å²) in [5, 5.41) is 3.52. The molecule has 1 aliphatic heterocycles. The van der Waals surface area contributed by atoms with Crippen LogP contribution in [0.1, 0.15) is 48.7 Å². The van der Waals surface area contributed by atoms with E-state index in [9.17, 15) is 9.59 Å². The van der Waals surface area contributed by atoms with Crippen LogP contribution in [-0.2, 0) is 4.74 Å². The molecule has 4 atom stereocenters. The van der Waals surface area contributed by atoms with Gasteiger partial charge in [-0.05, 0) is 48.8 Å². The number of H-pyrrole nitrogens is 1. The first-order valence-electron chi connectivity index (χ1n) is 10.7. The van der Waals surface area contributed by atoms with Gasteiger partial charge in [0.15, 0.2) is 0 Å². The van der Waals surface area contributed by atoms with Crippen LogP contribution in [0.5, 0.6) is 0 Å². The summed E-state index contributed by atoms with van der Waals surface area (Å²) < 4.78 is 5.79. The van der Waals surface area contributed by atoms with Gasteiger partial charge in [-0.1, -0.05) is 19.9 Å². The number of carbonyl (C=O) groups excluding carboxylic acids is 1. The number of likely N-dealkylation sites (tertiary alicyclic amines) is 1. The van der Waals surface area contributed by atoms with Gasteiger partial charge in [0.25, 0.3) is 5.91 Å². The zero-order chi connectivity index (χ0) is 21.3. The summed E-state index contributed by atoms with van der Waals surface area (Å²) in [5.74, 6) is 1.78. The molecule has 2 N–H and O–H groups in total. The summed E-state index contributed by atoms with van der Waals surface area (Å²) in [6.07, 6.45) is 3.72. The van der Waals surface area contributed by atoms with E-state index < -0.39 is 0 Å². The molecule has 0 spiro atoms. The van der Waals surface area contributed by atoms with Crippen LogP contribution in [0, 0.1) is 11.8 Å². The van der Waals surface area contributed by atoms with Crippen molar-refractivity contribution in [3.63, 3.8) is 0 Å². The van der Waals surface area contributed by atoms with E-state index in [0.717, 1.165) is 31.7 Å². The molecule has 30 heavy (non-hydrogen) atoms. The minimum atomic E-state index is -0.170. The van der Waals surface area contributed by atoms with E-state index in [-0.39, 0.29) is 29.5 Å². The van der Waals surface area contributed by atoms with Crippen molar-refractivity contribution in [3.8, 4) is 0 Å². The van der Waals surface area contributed by atoms with Crippen LogP contribution in [0.4, 0.5) is 5.82 Å². The van der Waals surface area contributed by atoms with Crippen molar-refractivity contribution in [2.75, 3.05) is 25.5 Å². The van der Waals surface area contributed by atoms with Crippen molar-refractivity contribution in [3.05, 3.63) is 58.1 Å². The number of aromatic nitrogens is 2. The number of nitrogens with zero attached hydrogens (tertiary/aromatic N) is 2. The summed E-state index contributed by atoms with van der Waals surface area (Å²) in [6.45, 7) is 5.44. The number of ether oxygens (including phenoxy) is 1. The van der Waals surface area contributed by atoms with E-state index >= 15 is 0 Å². The highest BCUT2D eigenvalue weighted by molar-refractivity contribution is 5.95. The van der Waals surface area contributed by atoms with E-state index in [1.54, 1.807) is 19.4 Å². The number of aromatic amines is 1. The fourth-order valence-electron chi connectivity index (χ4n) is 4.93. The second-order valence-electron chi connectivity index (χ2n) is 8.75. The molecule has 160 valence electrons. The van der Waals surface area contributed by atoms with Crippen LogP contribution >= 0.6 is 0 Å². The Morgan fingerprint density at radius 1 is 1.20 bits per heavy atom. The predicted molar refractivity (Wildman–Crippen MR) is 116 cm³/mol. The molecule has 1 saturated carbocycles. The predicted octanol–water partition coefficient (Wildman–Crippen LogP) is 2.87. The summed E-state index contributed by atoms with van der Waals surface area (Å²) in [7, 11) is 1.76. The van der Waals surface area contributed by atoms with Crippen LogP contribution < -0.4 is 10.9 Å². The smallest absolute Gasteiger partial charge is 0.255 e. The molecule has 7 heteroatoms. The molecule has 1 saturated heterocycles. The summed E-state index contributed by atoms with van der Waals surface area (Å²) in [5.41, 5.74) is 1.15. The topological polar surface area (TPSA) is 87.3 Å². The Morgan fingerprint density at radius 2 is 1.97 bits per heavy atom. The molecule has 2 aromatic heterocycles. The van der Waals surface area contributed by atoms with Gasteiger partial charge in [-0.3, -0.25) is 9.59 Å². The summed E-state index contributed by atoms with van der Waals surface area (Å²) in [4.78, 5) is 34.2. The molecule has 2 aliphatic rings. The molecule has 0 bridgehead atoms. The number of hydrogen-bond acceptors (Lipinski definition) is 5. The molecule has 1 aliphatic carbocycles. The Morgan fingerprint density at radius 3 is 2.63 bits per heavy atom. The SMILES string of the molecule is CO[C@@H]1C[C@H]2CN(C(=O)c3ccc(=O)[nH]c3C(C)C)C[C@H]2C[C@H]1Nc1ccccn1. The van der Waals surface area contributed by atoms with E-state index in [2.05, 4.69) is 15.3 Å². The molecular weight excluding hydrogens is 380 g/mol. The van der Waals surface area contributed by atoms with Crippen molar-refractivity contribution in [2.24, 2.45) is 11.8 Å². The number of amides is 1. The fraction of sp³-hybridized carbons (Fsp3) is 0.522. The van der Waals surface area contributed by atoms with Gasteiger partial charge in [-0.25, -0.2) is 4.98 Å². The van der Waals surface area contributed by atoms with Crippen LogP contribution in [0.3, 0.4) is 0 Å². The minimum Gasteiger partial charge on any atom is -0.379 e. The van der Waals surface area contributed by atoms with Crippen LogP contribution in [0.2, 0.25) is 0 Å². The Bertz CT molecular complexity index is 943. The largest absolute Gasteiger partial charge is 0.379 e. The number of pyridine rings is 2. The lowest BCUT2D eigenvalue weighted by Gasteiger charge is -2.37. The highest BCUT2D eigenvalue weighted by atomic mass is 16.5. The van der Waals surface area contributed by atoms with E-state index in [0.29, 0.717) is 23.1 Å². The monoisotopic (exact) mass is 410 g/mol. The lowest BCUT2D eigenvalue weighted by atomic mass is 9.77. The Balaban J connectivity index is 1.49. The van der Waals surface area contributed by atoms with Gasteiger partial charge in [-0.2, -0.15) is 0 Å². The van der Waals surface area contributed by atoms with Crippen LogP contribution in [0.25, 0.3) is 0 Å². The molecule has 0 radical (unpaired) electrons. The average molecular weight is 411 g/mol. The molecule has 2 aromatic rings. The van der Waals surface area contributed by atoms with Gasteiger partial charge in [0, 0.05) is 38.2 Å². The molecule has 4 rings (SSSR count). The number of rotatable bonds is 5. The molecular formula is C23H30N4O3.